The molecule has 0 atom stereocenters. The molecule has 1 N–H and O–H groups in total. The highest BCUT2D eigenvalue weighted by Crippen LogP contribution is 2.12. The number of rotatable bonds is 10. The summed E-state index contributed by atoms with van der Waals surface area (Å²) in [5, 5.41) is 3.88. The Kier molecular flexibility index (Phi) is 9.66. The van der Waals surface area contributed by atoms with Gasteiger partial charge in [0.2, 0.25) is 0 Å². The zero-order valence-corrected chi connectivity index (χ0v) is 16.0. The van der Waals surface area contributed by atoms with E-state index in [1.165, 1.54) is 32.1 Å². The third-order valence-corrected chi connectivity index (χ3v) is 3.42. The summed E-state index contributed by atoms with van der Waals surface area (Å²) in [5.41, 5.74) is 2.69. The third-order valence-electron chi connectivity index (χ3n) is 3.42. The monoisotopic (exact) mass is 348 g/mol. The van der Waals surface area contributed by atoms with Crippen molar-refractivity contribution in [2.45, 2.75) is 71.8 Å². The Bertz CT molecular complexity index is 519. The van der Waals surface area contributed by atoms with Crippen molar-refractivity contribution in [3.63, 3.8) is 0 Å². The van der Waals surface area contributed by atoms with Gasteiger partial charge in [0.15, 0.2) is 0 Å². The molecule has 5 heteroatoms. The molecule has 1 amide bonds. The summed E-state index contributed by atoms with van der Waals surface area (Å²) >= 11 is 0. The third kappa shape index (κ3) is 11.2. The summed E-state index contributed by atoms with van der Waals surface area (Å²) in [5.74, 6) is 0.853. The molecular formula is C20H32N2O3. The Labute approximate surface area is 151 Å². The van der Waals surface area contributed by atoms with Crippen molar-refractivity contribution in [1.82, 2.24) is 5.43 Å². The van der Waals surface area contributed by atoms with Crippen molar-refractivity contribution in [3.8, 4) is 5.75 Å². The first-order valence-electron chi connectivity index (χ1n) is 9.15. The van der Waals surface area contributed by atoms with Gasteiger partial charge < -0.3 is 9.47 Å². The van der Waals surface area contributed by atoms with Crippen LogP contribution in [0.2, 0.25) is 0 Å². The Morgan fingerprint density at radius 3 is 2.36 bits per heavy atom. The van der Waals surface area contributed by atoms with E-state index in [0.717, 1.165) is 24.3 Å². The summed E-state index contributed by atoms with van der Waals surface area (Å²) in [6, 6.07) is 7.62. The number of nitrogens with one attached hydrogen (secondary N) is 1. The van der Waals surface area contributed by atoms with Crippen molar-refractivity contribution in [3.05, 3.63) is 29.8 Å². The number of carbonyl (C=O) groups is 1. The molecule has 0 saturated heterocycles. The van der Waals surface area contributed by atoms with Gasteiger partial charge in [0.25, 0.3) is 0 Å². The second-order valence-electron chi connectivity index (χ2n) is 7.06. The van der Waals surface area contributed by atoms with E-state index in [4.69, 9.17) is 9.47 Å². The van der Waals surface area contributed by atoms with Gasteiger partial charge in [-0.25, -0.2) is 10.2 Å². The van der Waals surface area contributed by atoms with Gasteiger partial charge in [-0.1, -0.05) is 39.0 Å². The van der Waals surface area contributed by atoms with Gasteiger partial charge in [0.1, 0.15) is 11.4 Å². The molecule has 0 fully saturated rings. The van der Waals surface area contributed by atoms with Crippen LogP contribution in [-0.4, -0.2) is 24.5 Å². The molecule has 140 valence electrons. The molecule has 0 aliphatic carbocycles. The Morgan fingerprint density at radius 2 is 1.72 bits per heavy atom. The second-order valence-corrected chi connectivity index (χ2v) is 7.06. The number of carbonyl (C=O) groups excluding carboxylic acids is 1. The number of hydrogen-bond donors (Lipinski definition) is 1. The number of ether oxygens (including phenoxy) is 2. The molecule has 0 saturated carbocycles. The number of nitrogens with zero attached hydrogens (tertiary/aromatic N) is 1. The maximum atomic E-state index is 11.5. The molecular weight excluding hydrogens is 316 g/mol. The van der Waals surface area contributed by atoms with Crippen molar-refractivity contribution in [1.29, 1.82) is 0 Å². The van der Waals surface area contributed by atoms with Gasteiger partial charge >= 0.3 is 6.09 Å². The normalized spacial score (nSPS) is 11.5. The summed E-state index contributed by atoms with van der Waals surface area (Å²) in [4.78, 5) is 11.5. The highest BCUT2D eigenvalue weighted by atomic mass is 16.6. The van der Waals surface area contributed by atoms with Crippen LogP contribution in [0.25, 0.3) is 0 Å². The van der Waals surface area contributed by atoms with Crippen LogP contribution in [0.1, 0.15) is 71.8 Å². The average Bonchev–Trinajstić information content (AvgIpc) is 2.54. The van der Waals surface area contributed by atoms with Gasteiger partial charge in [-0.15, -0.1) is 0 Å². The molecule has 0 aromatic heterocycles. The minimum atomic E-state index is -0.567. The quantitative estimate of drug-likeness (QED) is 0.355. The molecule has 0 bridgehead atoms. The number of benzene rings is 1. The first kappa shape index (κ1) is 21.0. The van der Waals surface area contributed by atoms with Gasteiger partial charge in [-0.2, -0.15) is 5.10 Å². The summed E-state index contributed by atoms with van der Waals surface area (Å²) in [7, 11) is 0. The van der Waals surface area contributed by atoms with Crippen LogP contribution in [0.4, 0.5) is 4.79 Å². The number of hydrazone groups is 1. The Hall–Kier alpha value is -2.04. The lowest BCUT2D eigenvalue weighted by Gasteiger charge is -2.18. The first-order valence-corrected chi connectivity index (χ1v) is 9.15. The van der Waals surface area contributed by atoms with Gasteiger partial charge in [-0.05, 0) is 57.0 Å². The lowest BCUT2D eigenvalue weighted by Crippen LogP contribution is -2.29. The van der Waals surface area contributed by atoms with Crippen LogP contribution < -0.4 is 10.2 Å². The van der Waals surface area contributed by atoms with Crippen LogP contribution in [0, 0.1) is 0 Å². The lowest BCUT2D eigenvalue weighted by molar-refractivity contribution is 0.0529. The van der Waals surface area contributed by atoms with E-state index in [2.05, 4.69) is 17.5 Å². The van der Waals surface area contributed by atoms with Gasteiger partial charge in [0, 0.05) is 0 Å². The van der Waals surface area contributed by atoms with Crippen molar-refractivity contribution in [2.75, 3.05) is 6.61 Å². The molecule has 0 aliphatic rings. The maximum Gasteiger partial charge on any atom is 0.428 e. The highest BCUT2D eigenvalue weighted by Gasteiger charge is 2.15. The molecule has 1 rings (SSSR count). The standard InChI is InChI=1S/C20H32N2O3/c1-5-6-7-8-9-10-15-24-18-13-11-17(12-14-18)16-21-22-19(23)25-20(2,3)4/h11-14,16H,5-10,15H2,1-4H3,(H,22,23)/b21-16-. The maximum absolute atomic E-state index is 11.5. The van der Waals surface area contributed by atoms with Crippen molar-refractivity contribution >= 4 is 12.3 Å². The highest BCUT2D eigenvalue weighted by molar-refractivity contribution is 5.81. The molecule has 1 aromatic carbocycles. The molecule has 0 unspecified atom stereocenters. The molecule has 0 spiro atoms. The van der Waals surface area contributed by atoms with E-state index >= 15 is 0 Å². The van der Waals surface area contributed by atoms with E-state index < -0.39 is 11.7 Å². The van der Waals surface area contributed by atoms with E-state index in [-0.39, 0.29) is 0 Å². The fourth-order valence-corrected chi connectivity index (χ4v) is 2.18. The molecule has 1 aromatic rings. The van der Waals surface area contributed by atoms with E-state index in [0.29, 0.717) is 0 Å². The molecule has 5 nitrogen and oxygen atoms in total. The Morgan fingerprint density at radius 1 is 1.08 bits per heavy atom. The molecule has 25 heavy (non-hydrogen) atoms. The second kappa shape index (κ2) is 11.5. The molecule has 0 radical (unpaired) electrons. The van der Waals surface area contributed by atoms with E-state index in [9.17, 15) is 4.79 Å². The zero-order chi connectivity index (χ0) is 18.5. The predicted molar refractivity (Wildman–Crippen MR) is 102 cm³/mol. The Balaban J connectivity index is 2.24. The topological polar surface area (TPSA) is 59.9 Å². The van der Waals surface area contributed by atoms with Crippen LogP contribution in [-0.2, 0) is 4.74 Å². The van der Waals surface area contributed by atoms with Crippen LogP contribution in [0.15, 0.2) is 29.4 Å². The number of hydrogen-bond acceptors (Lipinski definition) is 4. The molecule has 0 aliphatic heterocycles. The van der Waals surface area contributed by atoms with Gasteiger partial charge in [0.05, 0.1) is 12.8 Å². The SMILES string of the molecule is CCCCCCCCOc1ccc(/C=N\NC(=O)OC(C)(C)C)cc1. The minimum Gasteiger partial charge on any atom is -0.494 e. The molecule has 0 heterocycles. The summed E-state index contributed by atoms with van der Waals surface area (Å²) < 4.78 is 10.8. The lowest BCUT2D eigenvalue weighted by atomic mass is 10.1. The predicted octanol–water partition coefficient (Wildman–Crippen LogP) is 5.28. The summed E-state index contributed by atoms with van der Waals surface area (Å²) in [6.45, 7) is 8.39. The van der Waals surface area contributed by atoms with Gasteiger partial charge in [-0.3, -0.25) is 0 Å². The largest absolute Gasteiger partial charge is 0.494 e. The van der Waals surface area contributed by atoms with E-state index in [1.807, 2.05) is 24.3 Å². The summed E-state index contributed by atoms with van der Waals surface area (Å²) in [6.07, 6.45) is 8.53. The fourth-order valence-electron chi connectivity index (χ4n) is 2.18. The fraction of sp³-hybridized carbons (Fsp3) is 0.600. The van der Waals surface area contributed by atoms with E-state index in [1.54, 1.807) is 27.0 Å². The van der Waals surface area contributed by atoms with Crippen LogP contribution in [0.3, 0.4) is 0 Å². The number of unbranched alkanes of at least 4 members (excludes halogenated alkanes) is 5. The first-order chi connectivity index (χ1) is 11.9. The van der Waals surface area contributed by atoms with Crippen molar-refractivity contribution in [2.24, 2.45) is 5.10 Å². The van der Waals surface area contributed by atoms with Crippen LogP contribution >= 0.6 is 0 Å². The smallest absolute Gasteiger partial charge is 0.428 e. The number of amides is 1. The zero-order valence-electron chi connectivity index (χ0n) is 16.0. The van der Waals surface area contributed by atoms with Crippen LogP contribution in [0.5, 0.6) is 5.75 Å². The average molecular weight is 348 g/mol. The minimum absolute atomic E-state index is 0.533. The van der Waals surface area contributed by atoms with Crippen molar-refractivity contribution < 1.29 is 14.3 Å².